The maximum Gasteiger partial charge on any atom is 0.130 e. The molecule has 0 aromatic carbocycles. The number of aryl methyl sites for hydroxylation is 4. The first-order valence-corrected chi connectivity index (χ1v) is 8.05. The van der Waals surface area contributed by atoms with E-state index in [9.17, 15) is 0 Å². The fourth-order valence-corrected chi connectivity index (χ4v) is 4.44. The van der Waals surface area contributed by atoms with Crippen LogP contribution in [-0.2, 0) is 26.3 Å². The standard InChI is InChI=1S/C14H19ClN4S/c1-8-10(14(15)19(2)18-8)7-11(17-16)13-6-9-4-3-5-12(9)20-13/h6,11,17H,3-5,7,16H2,1-2H3. The topological polar surface area (TPSA) is 55.9 Å². The van der Waals surface area contributed by atoms with Gasteiger partial charge in [-0.15, -0.1) is 11.3 Å². The molecule has 108 valence electrons. The lowest BCUT2D eigenvalue weighted by Gasteiger charge is -2.14. The molecule has 1 unspecified atom stereocenters. The van der Waals surface area contributed by atoms with Crippen molar-refractivity contribution in [2.75, 3.05) is 0 Å². The fraction of sp³-hybridized carbons (Fsp3) is 0.500. The summed E-state index contributed by atoms with van der Waals surface area (Å²) in [5, 5.41) is 5.06. The van der Waals surface area contributed by atoms with E-state index in [0.717, 1.165) is 17.7 Å². The van der Waals surface area contributed by atoms with Crippen molar-refractivity contribution in [1.82, 2.24) is 15.2 Å². The predicted octanol–water partition coefficient (Wildman–Crippen LogP) is 2.68. The quantitative estimate of drug-likeness (QED) is 0.674. The molecule has 0 aliphatic heterocycles. The molecule has 2 aromatic rings. The summed E-state index contributed by atoms with van der Waals surface area (Å²) in [4.78, 5) is 2.82. The summed E-state index contributed by atoms with van der Waals surface area (Å²) >= 11 is 8.19. The highest BCUT2D eigenvalue weighted by Crippen LogP contribution is 2.35. The van der Waals surface area contributed by atoms with E-state index in [1.54, 1.807) is 4.68 Å². The number of hydrogen-bond acceptors (Lipinski definition) is 4. The Labute approximate surface area is 127 Å². The van der Waals surface area contributed by atoms with Gasteiger partial charge in [-0.25, -0.2) is 0 Å². The number of halogens is 1. The van der Waals surface area contributed by atoms with Gasteiger partial charge in [-0.2, -0.15) is 5.10 Å². The van der Waals surface area contributed by atoms with Crippen LogP contribution in [0.25, 0.3) is 0 Å². The highest BCUT2D eigenvalue weighted by atomic mass is 35.5. The van der Waals surface area contributed by atoms with Gasteiger partial charge in [0.15, 0.2) is 0 Å². The van der Waals surface area contributed by atoms with E-state index in [2.05, 4.69) is 16.6 Å². The number of fused-ring (bicyclic) bond motifs is 1. The van der Waals surface area contributed by atoms with Crippen molar-refractivity contribution in [2.45, 2.75) is 38.6 Å². The van der Waals surface area contributed by atoms with Crippen molar-refractivity contribution in [3.05, 3.63) is 37.8 Å². The molecule has 0 fully saturated rings. The van der Waals surface area contributed by atoms with E-state index < -0.39 is 0 Å². The van der Waals surface area contributed by atoms with Crippen molar-refractivity contribution in [3.8, 4) is 0 Å². The molecule has 20 heavy (non-hydrogen) atoms. The van der Waals surface area contributed by atoms with Crippen LogP contribution >= 0.6 is 22.9 Å². The van der Waals surface area contributed by atoms with Crippen molar-refractivity contribution in [1.29, 1.82) is 0 Å². The Hall–Kier alpha value is -0.880. The third kappa shape index (κ3) is 2.39. The first-order chi connectivity index (χ1) is 9.60. The average molecular weight is 311 g/mol. The van der Waals surface area contributed by atoms with Crippen LogP contribution in [0.5, 0.6) is 0 Å². The third-order valence-electron chi connectivity index (χ3n) is 3.99. The Morgan fingerprint density at radius 2 is 2.35 bits per heavy atom. The van der Waals surface area contributed by atoms with Crippen LogP contribution in [0.3, 0.4) is 0 Å². The molecule has 0 spiro atoms. The van der Waals surface area contributed by atoms with Gasteiger partial charge in [0.2, 0.25) is 0 Å². The summed E-state index contributed by atoms with van der Waals surface area (Å²) in [7, 11) is 1.86. The summed E-state index contributed by atoms with van der Waals surface area (Å²) < 4.78 is 1.72. The molecule has 1 aliphatic carbocycles. The van der Waals surface area contributed by atoms with Crippen LogP contribution in [0, 0.1) is 6.92 Å². The summed E-state index contributed by atoms with van der Waals surface area (Å²) in [5.41, 5.74) is 6.48. The number of nitrogens with two attached hydrogens (primary N) is 1. The van der Waals surface area contributed by atoms with E-state index in [4.69, 9.17) is 17.4 Å². The molecule has 3 rings (SSSR count). The molecule has 3 N–H and O–H groups in total. The number of rotatable bonds is 4. The molecule has 2 heterocycles. The van der Waals surface area contributed by atoms with E-state index in [-0.39, 0.29) is 6.04 Å². The van der Waals surface area contributed by atoms with E-state index >= 15 is 0 Å². The zero-order chi connectivity index (χ0) is 14.3. The summed E-state index contributed by atoms with van der Waals surface area (Å²) in [5.74, 6) is 5.76. The summed E-state index contributed by atoms with van der Waals surface area (Å²) in [6.07, 6.45) is 4.48. The second-order valence-electron chi connectivity index (χ2n) is 5.35. The van der Waals surface area contributed by atoms with Crippen LogP contribution < -0.4 is 11.3 Å². The molecule has 0 radical (unpaired) electrons. The Kier molecular flexibility index (Phi) is 3.86. The van der Waals surface area contributed by atoms with Crippen molar-refractivity contribution in [2.24, 2.45) is 12.9 Å². The first kappa shape index (κ1) is 14.1. The summed E-state index contributed by atoms with van der Waals surface area (Å²) in [6, 6.07) is 2.41. The summed E-state index contributed by atoms with van der Waals surface area (Å²) in [6.45, 7) is 1.99. The molecule has 2 aromatic heterocycles. The van der Waals surface area contributed by atoms with Crippen molar-refractivity contribution < 1.29 is 0 Å². The smallest absolute Gasteiger partial charge is 0.130 e. The van der Waals surface area contributed by atoms with Crippen molar-refractivity contribution >= 4 is 22.9 Å². The van der Waals surface area contributed by atoms with Gasteiger partial charge in [0.25, 0.3) is 0 Å². The molecule has 4 nitrogen and oxygen atoms in total. The van der Waals surface area contributed by atoms with Gasteiger partial charge in [0.1, 0.15) is 5.15 Å². The molecule has 1 aliphatic rings. The Morgan fingerprint density at radius 1 is 1.55 bits per heavy atom. The highest BCUT2D eigenvalue weighted by Gasteiger charge is 2.22. The van der Waals surface area contributed by atoms with Gasteiger partial charge in [0, 0.05) is 22.4 Å². The molecular formula is C14H19ClN4S. The number of nitrogens with zero attached hydrogens (tertiary/aromatic N) is 2. The molecule has 1 atom stereocenters. The van der Waals surface area contributed by atoms with Crippen LogP contribution in [0.4, 0.5) is 0 Å². The Balaban J connectivity index is 1.86. The van der Waals surface area contributed by atoms with Gasteiger partial charge in [-0.05, 0) is 44.2 Å². The van der Waals surface area contributed by atoms with Crippen LogP contribution in [0.1, 0.15) is 39.0 Å². The number of hydrazine groups is 1. The monoisotopic (exact) mass is 310 g/mol. The second-order valence-corrected chi connectivity index (χ2v) is 6.88. The Morgan fingerprint density at radius 3 is 2.95 bits per heavy atom. The number of nitrogens with one attached hydrogen (secondary N) is 1. The zero-order valence-electron chi connectivity index (χ0n) is 11.7. The maximum absolute atomic E-state index is 6.31. The molecule has 0 bridgehead atoms. The Bertz CT molecular complexity index is 610. The number of hydrogen-bond donors (Lipinski definition) is 2. The molecular weight excluding hydrogens is 292 g/mol. The lowest BCUT2D eigenvalue weighted by Crippen LogP contribution is -2.29. The number of aromatic nitrogens is 2. The van der Waals surface area contributed by atoms with E-state index in [0.29, 0.717) is 5.15 Å². The minimum Gasteiger partial charge on any atom is -0.271 e. The molecule has 6 heteroatoms. The number of thiophene rings is 1. The zero-order valence-corrected chi connectivity index (χ0v) is 13.3. The maximum atomic E-state index is 6.31. The second kappa shape index (κ2) is 5.48. The van der Waals surface area contributed by atoms with Gasteiger partial charge < -0.3 is 0 Å². The van der Waals surface area contributed by atoms with Gasteiger partial charge in [-0.1, -0.05) is 11.6 Å². The SMILES string of the molecule is Cc1nn(C)c(Cl)c1CC(NN)c1cc2c(s1)CCC2. The third-order valence-corrected chi connectivity index (χ3v) is 5.81. The fourth-order valence-electron chi connectivity index (χ4n) is 2.88. The van der Waals surface area contributed by atoms with Crippen molar-refractivity contribution in [3.63, 3.8) is 0 Å². The predicted molar refractivity (Wildman–Crippen MR) is 83.1 cm³/mol. The van der Waals surface area contributed by atoms with Gasteiger partial charge in [0.05, 0.1) is 11.7 Å². The minimum absolute atomic E-state index is 0.103. The minimum atomic E-state index is 0.103. The van der Waals surface area contributed by atoms with Crippen LogP contribution in [0.2, 0.25) is 5.15 Å². The lowest BCUT2D eigenvalue weighted by atomic mass is 10.1. The molecule has 0 amide bonds. The van der Waals surface area contributed by atoms with E-state index in [1.807, 2.05) is 25.3 Å². The highest BCUT2D eigenvalue weighted by molar-refractivity contribution is 7.12. The van der Waals surface area contributed by atoms with Gasteiger partial charge >= 0.3 is 0 Å². The van der Waals surface area contributed by atoms with Gasteiger partial charge in [-0.3, -0.25) is 16.0 Å². The largest absolute Gasteiger partial charge is 0.271 e. The van der Waals surface area contributed by atoms with Crippen LogP contribution in [0.15, 0.2) is 6.07 Å². The molecule has 0 saturated heterocycles. The normalized spacial score (nSPS) is 15.6. The molecule has 0 saturated carbocycles. The van der Waals surface area contributed by atoms with E-state index in [1.165, 1.54) is 34.6 Å². The lowest BCUT2D eigenvalue weighted by molar-refractivity contribution is 0.559. The van der Waals surface area contributed by atoms with Crippen LogP contribution in [-0.4, -0.2) is 9.78 Å². The first-order valence-electron chi connectivity index (χ1n) is 6.85. The average Bonchev–Trinajstić information content (AvgIpc) is 3.04.